The van der Waals surface area contributed by atoms with Gasteiger partial charge in [0, 0.05) is 11.9 Å². The first-order chi connectivity index (χ1) is 10.7. The second-order valence-corrected chi connectivity index (χ2v) is 4.61. The molecule has 4 aromatic rings. The molecular weight excluding hydrogens is 287 g/mol. The topological polar surface area (TPSA) is 95.7 Å². The van der Waals surface area contributed by atoms with E-state index >= 15 is 0 Å². The maximum absolute atomic E-state index is 13.2. The molecule has 0 saturated heterocycles. The number of aromatic nitrogens is 5. The van der Waals surface area contributed by atoms with Crippen molar-refractivity contribution >= 4 is 16.9 Å². The van der Waals surface area contributed by atoms with Crippen molar-refractivity contribution in [3.05, 3.63) is 48.5 Å². The van der Waals surface area contributed by atoms with Crippen LogP contribution < -0.4 is 5.73 Å². The fourth-order valence-electron chi connectivity index (χ4n) is 2.29. The molecule has 3 heterocycles. The zero-order valence-corrected chi connectivity index (χ0v) is 11.1. The van der Waals surface area contributed by atoms with Crippen molar-refractivity contribution in [2.75, 3.05) is 5.73 Å². The summed E-state index contributed by atoms with van der Waals surface area (Å²) >= 11 is 0. The van der Waals surface area contributed by atoms with E-state index in [4.69, 9.17) is 5.73 Å². The molecule has 3 aromatic heterocycles. The van der Waals surface area contributed by atoms with Crippen LogP contribution in [0.15, 0.2) is 47.4 Å². The van der Waals surface area contributed by atoms with E-state index in [-0.39, 0.29) is 11.6 Å². The molecule has 0 unspecified atom stereocenters. The van der Waals surface area contributed by atoms with Gasteiger partial charge in [-0.1, -0.05) is 0 Å². The average molecular weight is 296 g/mol. The molecule has 2 N–H and O–H groups in total. The lowest BCUT2D eigenvalue weighted by molar-refractivity contribution is 0.310. The van der Waals surface area contributed by atoms with Crippen LogP contribution in [0.3, 0.4) is 0 Å². The summed E-state index contributed by atoms with van der Waals surface area (Å²) in [4.78, 5) is 8.53. The maximum atomic E-state index is 13.2. The first-order valence-electron chi connectivity index (χ1n) is 6.41. The van der Waals surface area contributed by atoms with Gasteiger partial charge in [0.1, 0.15) is 11.3 Å². The number of hydrogen-bond donors (Lipinski definition) is 1. The number of nitrogens with zero attached hydrogens (tertiary/aromatic N) is 5. The van der Waals surface area contributed by atoms with Gasteiger partial charge in [-0.2, -0.15) is 0 Å². The fourth-order valence-corrected chi connectivity index (χ4v) is 2.29. The van der Waals surface area contributed by atoms with Crippen molar-refractivity contribution in [1.82, 2.24) is 24.8 Å². The predicted molar refractivity (Wildman–Crippen MR) is 76.5 cm³/mol. The van der Waals surface area contributed by atoms with E-state index in [0.29, 0.717) is 22.7 Å². The van der Waals surface area contributed by atoms with Gasteiger partial charge in [0.25, 0.3) is 0 Å². The van der Waals surface area contributed by atoms with Crippen molar-refractivity contribution in [2.45, 2.75) is 0 Å². The van der Waals surface area contributed by atoms with Gasteiger partial charge in [0.15, 0.2) is 17.3 Å². The lowest BCUT2D eigenvalue weighted by Crippen LogP contribution is -2.00. The number of pyridine rings is 1. The molecule has 0 saturated carbocycles. The molecule has 0 bridgehead atoms. The molecule has 0 amide bonds. The zero-order valence-electron chi connectivity index (χ0n) is 11.1. The van der Waals surface area contributed by atoms with Crippen LogP contribution in [-0.4, -0.2) is 24.8 Å². The zero-order chi connectivity index (χ0) is 15.1. The van der Waals surface area contributed by atoms with Crippen LogP contribution in [-0.2, 0) is 0 Å². The molecule has 0 atom stereocenters. The van der Waals surface area contributed by atoms with Crippen LogP contribution in [0.1, 0.15) is 0 Å². The normalized spacial score (nSPS) is 11.1. The maximum Gasteiger partial charge on any atom is 0.199 e. The smallest absolute Gasteiger partial charge is 0.199 e. The molecule has 0 aliphatic carbocycles. The summed E-state index contributed by atoms with van der Waals surface area (Å²) < 4.78 is 19.6. The Morgan fingerprint density at radius 3 is 2.64 bits per heavy atom. The van der Waals surface area contributed by atoms with Crippen LogP contribution in [0, 0.1) is 5.82 Å². The third-order valence-corrected chi connectivity index (χ3v) is 3.27. The molecule has 0 aliphatic heterocycles. The van der Waals surface area contributed by atoms with Crippen LogP contribution in [0.4, 0.5) is 10.2 Å². The first kappa shape index (κ1) is 12.5. The minimum atomic E-state index is -0.320. The standard InChI is InChI=1S/C14H9FN6O/c15-8-1-3-9(4-2-8)21-11-5-6-17-7-10(11)18-14(21)12-13(16)20-22-19-12/h1-7H,(H2,16,20). The van der Waals surface area contributed by atoms with E-state index in [9.17, 15) is 4.39 Å². The van der Waals surface area contributed by atoms with Gasteiger partial charge in [-0.25, -0.2) is 14.0 Å². The second-order valence-electron chi connectivity index (χ2n) is 4.61. The number of fused-ring (bicyclic) bond motifs is 1. The molecule has 108 valence electrons. The lowest BCUT2D eigenvalue weighted by atomic mass is 10.3. The van der Waals surface area contributed by atoms with Gasteiger partial charge in [-0.05, 0) is 40.6 Å². The summed E-state index contributed by atoms with van der Waals surface area (Å²) in [6.45, 7) is 0. The number of hydrogen-bond acceptors (Lipinski definition) is 6. The number of benzene rings is 1. The molecule has 8 heteroatoms. The summed E-state index contributed by atoms with van der Waals surface area (Å²) in [5.74, 6) is 0.263. The number of nitrogens with two attached hydrogens (primary N) is 1. The van der Waals surface area contributed by atoms with E-state index in [1.54, 1.807) is 35.2 Å². The van der Waals surface area contributed by atoms with Crippen molar-refractivity contribution < 1.29 is 9.02 Å². The predicted octanol–water partition coefficient (Wildman–Crippen LogP) is 2.19. The van der Waals surface area contributed by atoms with E-state index < -0.39 is 0 Å². The molecule has 0 spiro atoms. The Labute approximate surface area is 123 Å². The van der Waals surface area contributed by atoms with E-state index in [1.165, 1.54) is 12.1 Å². The van der Waals surface area contributed by atoms with Crippen molar-refractivity contribution in [1.29, 1.82) is 0 Å². The van der Waals surface area contributed by atoms with Gasteiger partial charge in [-0.15, -0.1) is 0 Å². The monoisotopic (exact) mass is 296 g/mol. The van der Waals surface area contributed by atoms with E-state index in [2.05, 4.69) is 24.9 Å². The average Bonchev–Trinajstić information content (AvgIpc) is 3.11. The number of halogens is 1. The molecule has 22 heavy (non-hydrogen) atoms. The van der Waals surface area contributed by atoms with Gasteiger partial charge < -0.3 is 5.73 Å². The SMILES string of the molecule is Nc1nonc1-c1nc2cnccc2n1-c1ccc(F)cc1. The Hall–Kier alpha value is -3.29. The molecule has 4 rings (SSSR count). The molecule has 0 aliphatic rings. The molecule has 0 fully saturated rings. The Bertz CT molecular complexity index is 959. The van der Waals surface area contributed by atoms with Gasteiger partial charge in [0.05, 0.1) is 11.7 Å². The highest BCUT2D eigenvalue weighted by Gasteiger charge is 2.20. The van der Waals surface area contributed by atoms with Crippen molar-refractivity contribution in [3.63, 3.8) is 0 Å². The molecule has 1 aromatic carbocycles. The molecule has 7 nitrogen and oxygen atoms in total. The summed E-state index contributed by atoms with van der Waals surface area (Å²) in [6.07, 6.45) is 3.28. The van der Waals surface area contributed by atoms with Crippen LogP contribution in [0.25, 0.3) is 28.2 Å². The highest BCUT2D eigenvalue weighted by atomic mass is 19.1. The summed E-state index contributed by atoms with van der Waals surface area (Å²) in [6, 6.07) is 7.83. The van der Waals surface area contributed by atoms with Crippen LogP contribution in [0.2, 0.25) is 0 Å². The van der Waals surface area contributed by atoms with Crippen molar-refractivity contribution in [3.8, 4) is 17.2 Å². The minimum Gasteiger partial charge on any atom is -0.379 e. The fraction of sp³-hybridized carbons (Fsp3) is 0. The summed E-state index contributed by atoms with van der Waals surface area (Å²) in [7, 11) is 0. The van der Waals surface area contributed by atoms with Gasteiger partial charge >= 0.3 is 0 Å². The summed E-state index contributed by atoms with van der Waals surface area (Å²) in [5.41, 5.74) is 8.25. The van der Waals surface area contributed by atoms with Crippen molar-refractivity contribution in [2.24, 2.45) is 0 Å². The Balaban J connectivity index is 2.06. The number of nitrogen functional groups attached to an aromatic ring is 1. The number of anilines is 1. The van der Waals surface area contributed by atoms with Crippen LogP contribution >= 0.6 is 0 Å². The lowest BCUT2D eigenvalue weighted by Gasteiger charge is -2.07. The Morgan fingerprint density at radius 1 is 1.09 bits per heavy atom. The van der Waals surface area contributed by atoms with E-state index in [0.717, 1.165) is 5.52 Å². The second kappa shape index (κ2) is 4.62. The molecular formula is C14H9FN6O. The molecule has 0 radical (unpaired) electrons. The largest absolute Gasteiger partial charge is 0.379 e. The summed E-state index contributed by atoms with van der Waals surface area (Å²) in [5, 5.41) is 7.37. The van der Waals surface area contributed by atoms with Gasteiger partial charge in [-0.3, -0.25) is 9.55 Å². The van der Waals surface area contributed by atoms with E-state index in [1.807, 2.05) is 0 Å². The Kier molecular flexibility index (Phi) is 2.62. The number of imidazole rings is 1. The first-order valence-corrected chi connectivity index (χ1v) is 6.41. The minimum absolute atomic E-state index is 0.131. The highest BCUT2D eigenvalue weighted by Crippen LogP contribution is 2.29. The third-order valence-electron chi connectivity index (χ3n) is 3.27. The van der Waals surface area contributed by atoms with Gasteiger partial charge in [0.2, 0.25) is 0 Å². The quantitative estimate of drug-likeness (QED) is 0.609. The Morgan fingerprint density at radius 2 is 1.91 bits per heavy atom. The highest BCUT2D eigenvalue weighted by molar-refractivity contribution is 5.83. The van der Waals surface area contributed by atoms with Crippen LogP contribution in [0.5, 0.6) is 0 Å². The number of rotatable bonds is 2. The third kappa shape index (κ3) is 1.81.